The molecule has 0 bridgehead atoms. The van der Waals surface area contributed by atoms with Gasteiger partial charge < -0.3 is 14.4 Å². The molecule has 0 saturated carbocycles. The molecule has 0 aliphatic rings. The number of benzene rings is 1. The van der Waals surface area contributed by atoms with Crippen molar-refractivity contribution in [2.24, 2.45) is 7.05 Å². The molecule has 7 nitrogen and oxygen atoms in total. The molecule has 0 radical (unpaired) electrons. The van der Waals surface area contributed by atoms with E-state index in [0.29, 0.717) is 0 Å². The number of carbonyl (C=O) groups excluding carboxylic acids is 1. The summed E-state index contributed by atoms with van der Waals surface area (Å²) in [5.74, 6) is -1.01. The van der Waals surface area contributed by atoms with E-state index in [0.717, 1.165) is 11.8 Å². The number of carboxylic acids is 1. The Bertz CT molecular complexity index is 622. The number of rotatable bonds is 4. The normalized spacial score (nSPS) is 10.1. The molecule has 2 N–H and O–H groups in total. The summed E-state index contributed by atoms with van der Waals surface area (Å²) in [6, 6.07) is 9.21. The van der Waals surface area contributed by atoms with Crippen LogP contribution in [0.3, 0.4) is 0 Å². The molecule has 1 heterocycles. The molecule has 0 atom stereocenters. The van der Waals surface area contributed by atoms with Gasteiger partial charge in [0.05, 0.1) is 6.20 Å². The van der Waals surface area contributed by atoms with Crippen molar-refractivity contribution in [3.63, 3.8) is 0 Å². The van der Waals surface area contributed by atoms with Crippen molar-refractivity contribution in [3.05, 3.63) is 47.8 Å². The highest BCUT2D eigenvalue weighted by Crippen LogP contribution is 2.09. The Morgan fingerprint density at radius 2 is 2.05 bits per heavy atom. The van der Waals surface area contributed by atoms with Crippen molar-refractivity contribution < 1.29 is 19.4 Å². The van der Waals surface area contributed by atoms with E-state index in [1.54, 1.807) is 0 Å². The van der Waals surface area contributed by atoms with Gasteiger partial charge in [-0.2, -0.15) is 0 Å². The van der Waals surface area contributed by atoms with Gasteiger partial charge in [-0.1, -0.05) is 30.3 Å². The predicted octanol–water partition coefficient (Wildman–Crippen LogP) is 1.87. The summed E-state index contributed by atoms with van der Waals surface area (Å²) in [7, 11) is 1.49. The molecule has 0 fully saturated rings. The van der Waals surface area contributed by atoms with Gasteiger partial charge in [-0.05, 0) is 5.56 Å². The van der Waals surface area contributed by atoms with Gasteiger partial charge in [0.2, 0.25) is 5.95 Å². The second kappa shape index (κ2) is 5.87. The number of carbonyl (C=O) groups is 2. The van der Waals surface area contributed by atoms with Crippen LogP contribution in [-0.4, -0.2) is 26.7 Å². The van der Waals surface area contributed by atoms with Crippen LogP contribution >= 0.6 is 0 Å². The summed E-state index contributed by atoms with van der Waals surface area (Å²) < 4.78 is 6.26. The molecular weight excluding hydrogens is 262 g/mol. The van der Waals surface area contributed by atoms with E-state index < -0.39 is 12.1 Å². The van der Waals surface area contributed by atoms with Crippen LogP contribution in [0.5, 0.6) is 0 Å². The van der Waals surface area contributed by atoms with Gasteiger partial charge in [0.1, 0.15) is 12.3 Å². The SMILES string of the molecule is Cn1c(C(=O)O)cnc1NC(=O)OCc1ccccc1. The van der Waals surface area contributed by atoms with Gasteiger partial charge in [-0.3, -0.25) is 5.32 Å². The van der Waals surface area contributed by atoms with E-state index in [9.17, 15) is 9.59 Å². The van der Waals surface area contributed by atoms with Crippen molar-refractivity contribution >= 4 is 18.0 Å². The number of carboxylic acid groups (broad SMARTS) is 1. The Balaban J connectivity index is 1.93. The molecule has 2 rings (SSSR count). The fraction of sp³-hybridized carbons (Fsp3) is 0.154. The Labute approximate surface area is 114 Å². The van der Waals surface area contributed by atoms with E-state index >= 15 is 0 Å². The monoisotopic (exact) mass is 275 g/mol. The molecule has 20 heavy (non-hydrogen) atoms. The summed E-state index contributed by atoms with van der Waals surface area (Å²) >= 11 is 0. The zero-order chi connectivity index (χ0) is 14.5. The van der Waals surface area contributed by atoms with E-state index in [1.807, 2.05) is 30.3 Å². The second-order valence-corrected chi connectivity index (χ2v) is 4.02. The smallest absolute Gasteiger partial charge is 0.414 e. The van der Waals surface area contributed by atoms with Crippen LogP contribution in [0.2, 0.25) is 0 Å². The molecular formula is C13H13N3O4. The average Bonchev–Trinajstić information content (AvgIpc) is 2.79. The maximum atomic E-state index is 11.6. The lowest BCUT2D eigenvalue weighted by Crippen LogP contribution is -2.17. The summed E-state index contributed by atoms with van der Waals surface area (Å²) in [4.78, 5) is 26.2. The summed E-state index contributed by atoms with van der Waals surface area (Å²) in [6.07, 6.45) is 0.467. The first-order valence-electron chi connectivity index (χ1n) is 5.80. The topological polar surface area (TPSA) is 93.5 Å². The largest absolute Gasteiger partial charge is 0.477 e. The lowest BCUT2D eigenvalue weighted by molar-refractivity contribution is 0.0686. The maximum absolute atomic E-state index is 11.6. The van der Waals surface area contributed by atoms with Gasteiger partial charge in [0, 0.05) is 7.05 Å². The summed E-state index contributed by atoms with van der Waals surface area (Å²) in [5.41, 5.74) is 0.831. The number of hydrogen-bond donors (Lipinski definition) is 2. The van der Waals surface area contributed by atoms with Crippen LogP contribution in [0.1, 0.15) is 16.1 Å². The highest BCUT2D eigenvalue weighted by molar-refractivity contribution is 5.88. The lowest BCUT2D eigenvalue weighted by atomic mass is 10.2. The van der Waals surface area contributed by atoms with Gasteiger partial charge in [-0.15, -0.1) is 0 Å². The fourth-order valence-corrected chi connectivity index (χ4v) is 1.57. The Hall–Kier alpha value is -2.83. The minimum absolute atomic E-state index is 0.0247. The van der Waals surface area contributed by atoms with Crippen LogP contribution in [0, 0.1) is 0 Å². The van der Waals surface area contributed by atoms with Crippen molar-refractivity contribution in [3.8, 4) is 0 Å². The van der Waals surface area contributed by atoms with Gasteiger partial charge in [-0.25, -0.2) is 14.6 Å². The minimum atomic E-state index is -1.12. The third-order valence-corrected chi connectivity index (χ3v) is 2.63. The zero-order valence-electron chi connectivity index (χ0n) is 10.7. The van der Waals surface area contributed by atoms with Crippen molar-refractivity contribution in [2.45, 2.75) is 6.61 Å². The maximum Gasteiger partial charge on any atom is 0.414 e. The summed E-state index contributed by atoms with van der Waals surface area (Å²) in [5, 5.41) is 11.2. The molecule has 1 amide bonds. The molecule has 0 spiro atoms. The van der Waals surface area contributed by atoms with Crippen LogP contribution < -0.4 is 5.32 Å². The molecule has 7 heteroatoms. The number of aromatic carboxylic acids is 1. The molecule has 1 aromatic heterocycles. The number of amides is 1. The minimum Gasteiger partial charge on any atom is -0.477 e. The molecule has 2 aromatic rings. The highest BCUT2D eigenvalue weighted by Gasteiger charge is 2.14. The third-order valence-electron chi connectivity index (χ3n) is 2.63. The fourth-order valence-electron chi connectivity index (χ4n) is 1.57. The van der Waals surface area contributed by atoms with Gasteiger partial charge in [0.25, 0.3) is 0 Å². The lowest BCUT2D eigenvalue weighted by Gasteiger charge is -2.07. The average molecular weight is 275 g/mol. The van der Waals surface area contributed by atoms with E-state index in [4.69, 9.17) is 9.84 Å². The predicted molar refractivity (Wildman–Crippen MR) is 70.4 cm³/mol. The number of ether oxygens (including phenoxy) is 1. The van der Waals surface area contributed by atoms with Crippen LogP contribution in [-0.2, 0) is 18.4 Å². The first-order valence-corrected chi connectivity index (χ1v) is 5.80. The molecule has 0 aliphatic carbocycles. The van der Waals surface area contributed by atoms with Gasteiger partial charge in [0.15, 0.2) is 0 Å². The van der Waals surface area contributed by atoms with Crippen molar-refractivity contribution in [1.29, 1.82) is 0 Å². The second-order valence-electron chi connectivity index (χ2n) is 4.02. The number of imidazole rings is 1. The van der Waals surface area contributed by atoms with Crippen LogP contribution in [0.4, 0.5) is 10.7 Å². The quantitative estimate of drug-likeness (QED) is 0.888. The Kier molecular flexibility index (Phi) is 3.99. The molecule has 1 aromatic carbocycles. The Morgan fingerprint density at radius 3 is 2.65 bits per heavy atom. The van der Waals surface area contributed by atoms with E-state index in [2.05, 4.69) is 10.3 Å². The van der Waals surface area contributed by atoms with Gasteiger partial charge >= 0.3 is 12.1 Å². The first-order chi connectivity index (χ1) is 9.58. The third kappa shape index (κ3) is 3.14. The molecule has 104 valence electrons. The highest BCUT2D eigenvalue weighted by atomic mass is 16.5. The number of hydrogen-bond acceptors (Lipinski definition) is 4. The van der Waals surface area contributed by atoms with Crippen molar-refractivity contribution in [2.75, 3.05) is 5.32 Å². The number of nitrogens with one attached hydrogen (secondary N) is 1. The molecule has 0 aliphatic heterocycles. The van der Waals surface area contributed by atoms with Crippen LogP contribution in [0.15, 0.2) is 36.5 Å². The van der Waals surface area contributed by atoms with E-state index in [1.165, 1.54) is 11.6 Å². The van der Waals surface area contributed by atoms with E-state index in [-0.39, 0.29) is 18.2 Å². The molecule has 0 unspecified atom stereocenters. The van der Waals surface area contributed by atoms with Crippen molar-refractivity contribution in [1.82, 2.24) is 9.55 Å². The number of anilines is 1. The van der Waals surface area contributed by atoms with Crippen LogP contribution in [0.25, 0.3) is 0 Å². The summed E-state index contributed by atoms with van der Waals surface area (Å²) in [6.45, 7) is 0.128. The molecule has 0 saturated heterocycles. The first kappa shape index (κ1) is 13.6. The number of aromatic nitrogens is 2. The number of nitrogens with zero attached hydrogens (tertiary/aromatic N) is 2. The standard InChI is InChI=1S/C13H13N3O4/c1-16-10(11(17)18)7-14-12(16)15-13(19)20-8-9-5-3-2-4-6-9/h2-7H,8H2,1H3,(H,17,18)(H,14,15,19). The Morgan fingerprint density at radius 1 is 1.35 bits per heavy atom. The zero-order valence-corrected chi connectivity index (χ0v) is 10.7.